The van der Waals surface area contributed by atoms with Crippen LogP contribution in [0.4, 0.5) is 0 Å². The molecule has 0 radical (unpaired) electrons. The number of nitrogens with one attached hydrogen (secondary N) is 1. The largest absolute Gasteiger partial charge is 0.468 e. The van der Waals surface area contributed by atoms with Gasteiger partial charge in [-0.15, -0.1) is 0 Å². The van der Waals surface area contributed by atoms with Crippen LogP contribution in [0.5, 0.6) is 0 Å². The predicted octanol–water partition coefficient (Wildman–Crippen LogP) is 1.07. The van der Waals surface area contributed by atoms with E-state index in [2.05, 4.69) is 5.32 Å². The average molecular weight is 268 g/mol. The van der Waals surface area contributed by atoms with Gasteiger partial charge in [0.25, 0.3) is 0 Å². The zero-order valence-electron chi connectivity index (χ0n) is 11.7. The lowest BCUT2D eigenvalue weighted by Crippen LogP contribution is -2.50. The highest BCUT2D eigenvalue weighted by Crippen LogP contribution is 2.19. The number of carbonyl (C=O) groups excluding carboxylic acids is 2. The Bertz CT molecular complexity index is 327. The second-order valence-corrected chi connectivity index (χ2v) is 5.55. The molecule has 1 aliphatic heterocycles. The second kappa shape index (κ2) is 6.89. The molecule has 1 saturated carbocycles. The van der Waals surface area contributed by atoms with Crippen LogP contribution in [0.2, 0.25) is 0 Å². The third kappa shape index (κ3) is 3.93. The number of likely N-dealkylation sites (tertiary alicyclic amines) is 1. The number of piperidine rings is 1. The van der Waals surface area contributed by atoms with Crippen molar-refractivity contribution in [1.29, 1.82) is 0 Å². The number of ether oxygens (including phenoxy) is 1. The number of amides is 1. The SMILES string of the molecule is COC(=O)C1CCCCN1CC(=O)NC1CCCC1. The van der Waals surface area contributed by atoms with Gasteiger partial charge in [-0.05, 0) is 32.2 Å². The van der Waals surface area contributed by atoms with E-state index in [1.165, 1.54) is 20.0 Å². The van der Waals surface area contributed by atoms with Crippen molar-refractivity contribution in [2.45, 2.75) is 57.0 Å². The molecule has 1 atom stereocenters. The molecule has 108 valence electrons. The Hall–Kier alpha value is -1.10. The smallest absolute Gasteiger partial charge is 0.323 e. The van der Waals surface area contributed by atoms with E-state index in [-0.39, 0.29) is 17.9 Å². The van der Waals surface area contributed by atoms with E-state index in [1.807, 2.05) is 4.90 Å². The first-order valence-electron chi connectivity index (χ1n) is 7.32. The molecular weight excluding hydrogens is 244 g/mol. The lowest BCUT2D eigenvalue weighted by Gasteiger charge is -2.33. The Balaban J connectivity index is 1.84. The van der Waals surface area contributed by atoms with Crippen LogP contribution >= 0.6 is 0 Å². The third-order valence-corrected chi connectivity index (χ3v) is 4.15. The third-order valence-electron chi connectivity index (χ3n) is 4.15. The average Bonchev–Trinajstić information content (AvgIpc) is 2.91. The molecule has 1 N–H and O–H groups in total. The van der Waals surface area contributed by atoms with Gasteiger partial charge in [-0.25, -0.2) is 0 Å². The van der Waals surface area contributed by atoms with Crippen LogP contribution in [0.1, 0.15) is 44.9 Å². The van der Waals surface area contributed by atoms with Gasteiger partial charge in [0.1, 0.15) is 6.04 Å². The summed E-state index contributed by atoms with van der Waals surface area (Å²) in [5.41, 5.74) is 0. The van der Waals surface area contributed by atoms with Gasteiger partial charge in [-0.1, -0.05) is 19.3 Å². The molecule has 0 aromatic heterocycles. The Kier molecular flexibility index (Phi) is 5.19. The summed E-state index contributed by atoms with van der Waals surface area (Å²) in [5, 5.41) is 3.07. The van der Waals surface area contributed by atoms with Crippen molar-refractivity contribution in [3.63, 3.8) is 0 Å². The van der Waals surface area contributed by atoms with E-state index >= 15 is 0 Å². The first-order valence-corrected chi connectivity index (χ1v) is 7.32. The summed E-state index contributed by atoms with van der Waals surface area (Å²) in [6.45, 7) is 1.12. The van der Waals surface area contributed by atoms with Crippen LogP contribution in [0.3, 0.4) is 0 Å². The zero-order chi connectivity index (χ0) is 13.7. The molecule has 1 unspecified atom stereocenters. The lowest BCUT2D eigenvalue weighted by molar-refractivity contribution is -0.148. The fourth-order valence-corrected chi connectivity index (χ4v) is 3.11. The summed E-state index contributed by atoms with van der Waals surface area (Å²) < 4.78 is 4.82. The van der Waals surface area contributed by atoms with Crippen molar-refractivity contribution >= 4 is 11.9 Å². The van der Waals surface area contributed by atoms with E-state index in [4.69, 9.17) is 4.74 Å². The van der Waals surface area contributed by atoms with Crippen molar-refractivity contribution < 1.29 is 14.3 Å². The summed E-state index contributed by atoms with van der Waals surface area (Å²) in [6, 6.07) is 0.0990. The Morgan fingerprint density at radius 1 is 1.16 bits per heavy atom. The molecule has 0 aromatic carbocycles. The number of methoxy groups -OCH3 is 1. The molecule has 2 rings (SSSR count). The molecule has 2 fully saturated rings. The minimum Gasteiger partial charge on any atom is -0.468 e. The van der Waals surface area contributed by atoms with Gasteiger partial charge >= 0.3 is 5.97 Å². The fraction of sp³-hybridized carbons (Fsp3) is 0.857. The molecule has 0 bridgehead atoms. The summed E-state index contributed by atoms with van der Waals surface area (Å²) in [5.74, 6) is -0.170. The summed E-state index contributed by atoms with van der Waals surface area (Å²) in [4.78, 5) is 25.7. The maximum Gasteiger partial charge on any atom is 0.323 e. The predicted molar refractivity (Wildman–Crippen MR) is 71.6 cm³/mol. The van der Waals surface area contributed by atoms with Crippen molar-refractivity contribution in [3.8, 4) is 0 Å². The van der Waals surface area contributed by atoms with Crippen molar-refractivity contribution in [2.24, 2.45) is 0 Å². The van der Waals surface area contributed by atoms with Gasteiger partial charge in [0.2, 0.25) is 5.91 Å². The van der Waals surface area contributed by atoms with Crippen LogP contribution in [-0.4, -0.2) is 49.1 Å². The monoisotopic (exact) mass is 268 g/mol. The fourth-order valence-electron chi connectivity index (χ4n) is 3.11. The molecule has 0 aromatic rings. The minimum absolute atomic E-state index is 0.0442. The van der Waals surface area contributed by atoms with E-state index in [0.29, 0.717) is 12.6 Å². The standard InChI is InChI=1S/C14H24N2O3/c1-19-14(18)12-8-4-5-9-16(12)10-13(17)15-11-6-2-3-7-11/h11-12H,2-10H2,1H3,(H,15,17). The lowest BCUT2D eigenvalue weighted by atomic mass is 10.0. The number of nitrogens with zero attached hydrogens (tertiary/aromatic N) is 1. The topological polar surface area (TPSA) is 58.6 Å². The Morgan fingerprint density at radius 3 is 2.53 bits per heavy atom. The van der Waals surface area contributed by atoms with Gasteiger partial charge < -0.3 is 10.1 Å². The first-order chi connectivity index (χ1) is 9.20. The molecule has 5 nitrogen and oxygen atoms in total. The number of rotatable bonds is 4. The van der Waals surface area contributed by atoms with Gasteiger partial charge in [0, 0.05) is 6.04 Å². The quantitative estimate of drug-likeness (QED) is 0.775. The van der Waals surface area contributed by atoms with Crippen LogP contribution < -0.4 is 5.32 Å². The highest BCUT2D eigenvalue weighted by molar-refractivity contribution is 5.80. The summed E-state index contributed by atoms with van der Waals surface area (Å²) >= 11 is 0. The van der Waals surface area contributed by atoms with Crippen LogP contribution in [0.15, 0.2) is 0 Å². The molecule has 19 heavy (non-hydrogen) atoms. The summed E-state index contributed by atoms with van der Waals surface area (Å²) in [6.07, 6.45) is 7.46. The molecule has 2 aliphatic rings. The van der Waals surface area contributed by atoms with E-state index < -0.39 is 0 Å². The van der Waals surface area contributed by atoms with Crippen molar-refractivity contribution in [3.05, 3.63) is 0 Å². The second-order valence-electron chi connectivity index (χ2n) is 5.55. The van der Waals surface area contributed by atoms with E-state index in [1.54, 1.807) is 0 Å². The number of carbonyl (C=O) groups is 2. The highest BCUT2D eigenvalue weighted by Gasteiger charge is 2.31. The minimum atomic E-state index is -0.243. The number of esters is 1. The molecule has 0 spiro atoms. The maximum atomic E-state index is 12.0. The Morgan fingerprint density at radius 2 is 1.84 bits per heavy atom. The van der Waals surface area contributed by atoms with Crippen molar-refractivity contribution in [2.75, 3.05) is 20.2 Å². The van der Waals surface area contributed by atoms with Crippen molar-refractivity contribution in [1.82, 2.24) is 10.2 Å². The molecular formula is C14H24N2O3. The van der Waals surface area contributed by atoms with Gasteiger partial charge in [0.15, 0.2) is 0 Å². The van der Waals surface area contributed by atoms with Gasteiger partial charge in [0.05, 0.1) is 13.7 Å². The summed E-state index contributed by atoms with van der Waals surface area (Å²) in [7, 11) is 1.41. The normalized spacial score (nSPS) is 25.2. The zero-order valence-corrected chi connectivity index (χ0v) is 11.7. The molecule has 1 heterocycles. The van der Waals surface area contributed by atoms with Crippen LogP contribution in [-0.2, 0) is 14.3 Å². The van der Waals surface area contributed by atoms with Crippen LogP contribution in [0, 0.1) is 0 Å². The molecule has 5 heteroatoms. The van der Waals surface area contributed by atoms with Gasteiger partial charge in [-0.2, -0.15) is 0 Å². The number of hydrogen-bond donors (Lipinski definition) is 1. The van der Waals surface area contributed by atoms with Gasteiger partial charge in [-0.3, -0.25) is 14.5 Å². The van der Waals surface area contributed by atoms with E-state index in [9.17, 15) is 9.59 Å². The first kappa shape index (κ1) is 14.3. The van der Waals surface area contributed by atoms with E-state index in [0.717, 1.165) is 38.6 Å². The molecule has 1 aliphatic carbocycles. The Labute approximate surface area is 114 Å². The number of hydrogen-bond acceptors (Lipinski definition) is 4. The highest BCUT2D eigenvalue weighted by atomic mass is 16.5. The van der Waals surface area contributed by atoms with Crippen LogP contribution in [0.25, 0.3) is 0 Å². The molecule has 1 saturated heterocycles. The molecule has 1 amide bonds. The maximum absolute atomic E-state index is 12.0.